The number of hydrogen-bond acceptors (Lipinski definition) is 5. The third kappa shape index (κ3) is 3.82. The van der Waals surface area contributed by atoms with Gasteiger partial charge in [0.1, 0.15) is 17.1 Å². The number of pyridine rings is 1. The molecule has 2 N–H and O–H groups in total. The van der Waals surface area contributed by atoms with Crippen LogP contribution in [-0.4, -0.2) is 43.7 Å². The summed E-state index contributed by atoms with van der Waals surface area (Å²) in [6.07, 6.45) is 3.93. The van der Waals surface area contributed by atoms with Crippen LogP contribution in [0.5, 0.6) is 11.5 Å². The molecule has 0 aliphatic carbocycles. The largest absolute Gasteiger partial charge is 0.496 e. The zero-order chi connectivity index (χ0) is 18.0. The number of nitrogens with two attached hydrogens (primary N) is 1. The number of ether oxygens (including phenoxy) is 2. The third-order valence-corrected chi connectivity index (χ3v) is 4.39. The molecule has 8 heteroatoms. The molecule has 0 aliphatic rings. The van der Waals surface area contributed by atoms with Crippen molar-refractivity contribution in [3.05, 3.63) is 41.7 Å². The Labute approximate surface area is 163 Å². The van der Waals surface area contributed by atoms with E-state index in [4.69, 9.17) is 31.8 Å². The first-order chi connectivity index (χ1) is 12.1. The van der Waals surface area contributed by atoms with Gasteiger partial charge in [-0.3, -0.25) is 0 Å². The van der Waals surface area contributed by atoms with E-state index in [1.54, 1.807) is 20.3 Å². The molecule has 1 aromatic carbocycles. The second-order valence-electron chi connectivity index (χ2n) is 5.67. The molecule has 3 aromatic rings. The van der Waals surface area contributed by atoms with Gasteiger partial charge in [0, 0.05) is 55.9 Å². The van der Waals surface area contributed by atoms with Gasteiger partial charge in [0.05, 0.1) is 24.9 Å². The van der Waals surface area contributed by atoms with Gasteiger partial charge in [-0.05, 0) is 12.1 Å². The summed E-state index contributed by atoms with van der Waals surface area (Å²) >= 11 is 6.27. The number of fused-ring (bicyclic) bond motifs is 1. The fourth-order valence-corrected chi connectivity index (χ4v) is 2.96. The molecule has 0 fully saturated rings. The van der Waals surface area contributed by atoms with Crippen LogP contribution in [-0.2, 0) is 0 Å². The number of imidazole rings is 1. The highest BCUT2D eigenvalue weighted by Gasteiger charge is 2.15. The standard InChI is InChI=1S/C18H21ClN4O2.ClH/c1-22(7-5-20)12-4-6-23-11-15(21-18(23)8-12)13-9-14(19)17(25-3)10-16(13)24-2;/h4,6,8-11H,5,7,20H2,1-3H3;1H. The average Bonchev–Trinajstić information content (AvgIpc) is 3.04. The Morgan fingerprint density at radius 1 is 1.19 bits per heavy atom. The number of hydrogen-bond donors (Lipinski definition) is 1. The van der Waals surface area contributed by atoms with Crippen LogP contribution in [0.1, 0.15) is 0 Å². The molecule has 3 rings (SSSR count). The molecular formula is C18H22Cl2N4O2. The van der Waals surface area contributed by atoms with Crippen molar-refractivity contribution in [3.63, 3.8) is 0 Å². The van der Waals surface area contributed by atoms with Crippen LogP contribution >= 0.6 is 24.0 Å². The number of nitrogens with zero attached hydrogens (tertiary/aromatic N) is 3. The zero-order valence-electron chi connectivity index (χ0n) is 14.9. The minimum atomic E-state index is 0. The van der Waals surface area contributed by atoms with Gasteiger partial charge in [0.25, 0.3) is 0 Å². The van der Waals surface area contributed by atoms with Crippen molar-refractivity contribution in [1.29, 1.82) is 0 Å². The van der Waals surface area contributed by atoms with Crippen LogP contribution in [0.15, 0.2) is 36.7 Å². The van der Waals surface area contributed by atoms with Crippen LogP contribution < -0.4 is 20.1 Å². The van der Waals surface area contributed by atoms with E-state index in [2.05, 4.69) is 4.90 Å². The first-order valence-electron chi connectivity index (χ1n) is 7.89. The molecule has 0 amide bonds. The zero-order valence-corrected chi connectivity index (χ0v) is 16.5. The quantitative estimate of drug-likeness (QED) is 0.690. The van der Waals surface area contributed by atoms with E-state index in [0.29, 0.717) is 23.1 Å². The number of methoxy groups -OCH3 is 2. The van der Waals surface area contributed by atoms with Gasteiger partial charge in [-0.15, -0.1) is 12.4 Å². The fraction of sp³-hybridized carbons (Fsp3) is 0.278. The molecule has 0 radical (unpaired) electrons. The molecule has 0 saturated carbocycles. The molecule has 6 nitrogen and oxygen atoms in total. The number of aromatic nitrogens is 2. The van der Waals surface area contributed by atoms with Gasteiger partial charge in [0.2, 0.25) is 0 Å². The Kier molecular flexibility index (Phi) is 6.58. The minimum absolute atomic E-state index is 0. The number of likely N-dealkylation sites (N-methyl/N-ethyl adjacent to an activating group) is 1. The summed E-state index contributed by atoms with van der Waals surface area (Å²) in [5.41, 5.74) is 9.12. The number of halogens is 2. The van der Waals surface area contributed by atoms with E-state index in [1.165, 1.54) is 0 Å². The van der Waals surface area contributed by atoms with E-state index in [1.807, 2.05) is 42.0 Å². The van der Waals surface area contributed by atoms with Gasteiger partial charge in [-0.2, -0.15) is 0 Å². The highest BCUT2D eigenvalue weighted by Crippen LogP contribution is 2.38. The molecular weight excluding hydrogens is 375 g/mol. The maximum Gasteiger partial charge on any atom is 0.141 e. The SMILES string of the molecule is COc1cc(OC)c(-c2cn3ccc(N(C)CCN)cc3n2)cc1Cl.Cl. The molecule has 0 saturated heterocycles. The van der Waals surface area contributed by atoms with Crippen molar-refractivity contribution < 1.29 is 9.47 Å². The predicted octanol–water partition coefficient (Wildman–Crippen LogP) is 3.49. The van der Waals surface area contributed by atoms with Crippen molar-refractivity contribution in [2.75, 3.05) is 39.3 Å². The van der Waals surface area contributed by atoms with Crippen LogP contribution in [0.25, 0.3) is 16.9 Å². The first kappa shape index (κ1) is 20.2. The fourth-order valence-electron chi connectivity index (χ4n) is 2.72. The lowest BCUT2D eigenvalue weighted by molar-refractivity contribution is 0.395. The topological polar surface area (TPSA) is 65.0 Å². The number of rotatable bonds is 6. The monoisotopic (exact) mass is 396 g/mol. The van der Waals surface area contributed by atoms with Crippen molar-refractivity contribution in [2.45, 2.75) is 0 Å². The smallest absolute Gasteiger partial charge is 0.141 e. The second kappa shape index (κ2) is 8.49. The Morgan fingerprint density at radius 2 is 1.92 bits per heavy atom. The van der Waals surface area contributed by atoms with Gasteiger partial charge < -0.3 is 24.5 Å². The Hall–Kier alpha value is -2.15. The maximum atomic E-state index is 6.27. The summed E-state index contributed by atoms with van der Waals surface area (Å²) in [6, 6.07) is 7.63. The van der Waals surface area contributed by atoms with Crippen LogP contribution in [0.2, 0.25) is 5.02 Å². The van der Waals surface area contributed by atoms with Gasteiger partial charge in [0.15, 0.2) is 0 Å². The average molecular weight is 397 g/mol. The van der Waals surface area contributed by atoms with Crippen molar-refractivity contribution in [3.8, 4) is 22.8 Å². The molecule has 26 heavy (non-hydrogen) atoms. The second-order valence-corrected chi connectivity index (χ2v) is 6.08. The molecule has 0 bridgehead atoms. The van der Waals surface area contributed by atoms with Gasteiger partial charge in [-0.1, -0.05) is 11.6 Å². The summed E-state index contributed by atoms with van der Waals surface area (Å²) in [5.74, 6) is 1.22. The molecule has 0 unspecified atom stereocenters. The van der Waals surface area contributed by atoms with Crippen LogP contribution in [0.3, 0.4) is 0 Å². The Bertz CT molecular complexity index is 898. The first-order valence-corrected chi connectivity index (χ1v) is 8.27. The lowest BCUT2D eigenvalue weighted by Gasteiger charge is -2.17. The summed E-state index contributed by atoms with van der Waals surface area (Å²) in [5, 5.41) is 0.513. The molecule has 2 heterocycles. The van der Waals surface area contributed by atoms with E-state index in [9.17, 15) is 0 Å². The minimum Gasteiger partial charge on any atom is -0.496 e. The summed E-state index contributed by atoms with van der Waals surface area (Å²) in [7, 11) is 5.20. The van der Waals surface area contributed by atoms with Crippen LogP contribution in [0.4, 0.5) is 5.69 Å². The lowest BCUT2D eigenvalue weighted by Crippen LogP contribution is -2.24. The molecule has 2 aromatic heterocycles. The molecule has 0 aliphatic heterocycles. The molecule has 0 spiro atoms. The van der Waals surface area contributed by atoms with E-state index in [-0.39, 0.29) is 12.4 Å². The molecule has 140 valence electrons. The van der Waals surface area contributed by atoms with Gasteiger partial charge >= 0.3 is 0 Å². The van der Waals surface area contributed by atoms with E-state index >= 15 is 0 Å². The normalized spacial score (nSPS) is 10.5. The summed E-state index contributed by atoms with van der Waals surface area (Å²) < 4.78 is 12.7. The number of anilines is 1. The lowest BCUT2D eigenvalue weighted by atomic mass is 10.1. The Balaban J connectivity index is 0.00000243. The Morgan fingerprint density at radius 3 is 2.58 bits per heavy atom. The number of benzene rings is 1. The van der Waals surface area contributed by atoms with Crippen LogP contribution in [0, 0.1) is 0 Å². The van der Waals surface area contributed by atoms with Crippen molar-refractivity contribution in [2.24, 2.45) is 5.73 Å². The highest BCUT2D eigenvalue weighted by molar-refractivity contribution is 6.32. The maximum absolute atomic E-state index is 6.27. The highest BCUT2D eigenvalue weighted by atomic mass is 35.5. The summed E-state index contributed by atoms with van der Waals surface area (Å²) in [4.78, 5) is 6.81. The summed E-state index contributed by atoms with van der Waals surface area (Å²) in [6.45, 7) is 1.38. The van der Waals surface area contributed by atoms with E-state index < -0.39 is 0 Å². The van der Waals surface area contributed by atoms with E-state index in [0.717, 1.165) is 29.1 Å². The van der Waals surface area contributed by atoms with Crippen molar-refractivity contribution in [1.82, 2.24) is 9.38 Å². The predicted molar refractivity (Wildman–Crippen MR) is 108 cm³/mol. The van der Waals surface area contributed by atoms with Crippen molar-refractivity contribution >= 4 is 35.3 Å². The molecule has 0 atom stereocenters. The third-order valence-electron chi connectivity index (χ3n) is 4.10. The van der Waals surface area contributed by atoms with Gasteiger partial charge in [-0.25, -0.2) is 4.98 Å².